The molecule has 0 radical (unpaired) electrons. The smallest absolute Gasteiger partial charge is 0.317 e. The molecule has 0 saturated carbocycles. The van der Waals surface area contributed by atoms with Crippen molar-refractivity contribution in [2.75, 3.05) is 13.2 Å². The average molecular weight is 214 g/mol. The van der Waals surface area contributed by atoms with Gasteiger partial charge in [0.2, 0.25) is 0 Å². The number of carbonyl (C=O) groups excluding carboxylic acids is 2. The van der Waals surface area contributed by atoms with Gasteiger partial charge in [0.05, 0.1) is 25.0 Å². The fraction of sp³-hybridized carbons (Fsp3) is 0.600. The largest absolute Gasteiger partial charge is 0.394 e. The first-order chi connectivity index (χ1) is 7.20. The number of aliphatic hydroxyl groups excluding tert-OH is 2. The number of carbonyl (C=O) groups is 2. The van der Waals surface area contributed by atoms with Gasteiger partial charge in [0.1, 0.15) is 0 Å². The van der Waals surface area contributed by atoms with Crippen molar-refractivity contribution in [1.29, 1.82) is 0 Å². The topological polar surface area (TPSA) is 83.8 Å². The van der Waals surface area contributed by atoms with Crippen LogP contribution in [0, 0.1) is 11.8 Å². The summed E-state index contributed by atoms with van der Waals surface area (Å²) in [5.41, 5.74) is 0. The Hall–Kier alpha value is -1.20. The van der Waals surface area contributed by atoms with E-state index in [9.17, 15) is 9.59 Å². The highest BCUT2D eigenvalue weighted by Gasteiger charge is 2.43. The van der Waals surface area contributed by atoms with E-state index in [1.165, 1.54) is 0 Å². The molecule has 1 aliphatic carbocycles. The third kappa shape index (κ3) is 2.87. The molecule has 5 nitrogen and oxygen atoms in total. The van der Waals surface area contributed by atoms with Gasteiger partial charge in [0, 0.05) is 0 Å². The van der Waals surface area contributed by atoms with Crippen LogP contribution in [0.3, 0.4) is 0 Å². The predicted octanol–water partition coefficient (Wildman–Crippen LogP) is -0.377. The van der Waals surface area contributed by atoms with Gasteiger partial charge in [0.15, 0.2) is 0 Å². The predicted molar refractivity (Wildman–Crippen MR) is 50.6 cm³/mol. The second kappa shape index (κ2) is 5.63. The molecule has 5 heteroatoms. The third-order valence-corrected chi connectivity index (χ3v) is 2.34. The third-order valence-electron chi connectivity index (χ3n) is 2.34. The van der Waals surface area contributed by atoms with Gasteiger partial charge in [-0.1, -0.05) is 12.2 Å². The van der Waals surface area contributed by atoms with Crippen LogP contribution in [0.25, 0.3) is 0 Å². The number of hydrogen-bond acceptors (Lipinski definition) is 5. The fourth-order valence-electron chi connectivity index (χ4n) is 1.59. The highest BCUT2D eigenvalue weighted by atomic mass is 16.6. The number of hydrogen-bond donors (Lipinski definition) is 2. The zero-order valence-corrected chi connectivity index (χ0v) is 8.26. The average Bonchev–Trinajstić information content (AvgIpc) is 2.56. The van der Waals surface area contributed by atoms with Crippen LogP contribution in [0.5, 0.6) is 0 Å². The van der Waals surface area contributed by atoms with Gasteiger partial charge in [-0.2, -0.15) is 0 Å². The minimum absolute atomic E-state index is 0.125. The first-order valence-electron chi connectivity index (χ1n) is 4.83. The summed E-state index contributed by atoms with van der Waals surface area (Å²) < 4.78 is 4.49. The van der Waals surface area contributed by atoms with Crippen LogP contribution in [-0.2, 0) is 14.3 Å². The Morgan fingerprint density at radius 1 is 1.07 bits per heavy atom. The van der Waals surface area contributed by atoms with E-state index < -0.39 is 0 Å². The van der Waals surface area contributed by atoms with Crippen molar-refractivity contribution in [2.45, 2.75) is 12.8 Å². The van der Waals surface area contributed by atoms with Crippen LogP contribution in [0.15, 0.2) is 12.2 Å². The van der Waals surface area contributed by atoms with E-state index in [4.69, 9.17) is 10.2 Å². The molecule has 1 fully saturated rings. The molecule has 2 rings (SSSR count). The lowest BCUT2D eigenvalue weighted by Crippen LogP contribution is -2.18. The number of fused-ring (bicyclic) bond motifs is 1. The number of aliphatic hydroxyl groups is 2. The molecule has 1 aliphatic heterocycles. The number of cyclic esters (lactones) is 2. The molecule has 2 aliphatic rings. The number of ether oxygens (including phenoxy) is 1. The van der Waals surface area contributed by atoms with E-state index in [1.54, 1.807) is 0 Å². The summed E-state index contributed by atoms with van der Waals surface area (Å²) in [6.45, 7) is -0.250. The molecule has 0 aromatic rings. The van der Waals surface area contributed by atoms with Crippen molar-refractivity contribution in [1.82, 2.24) is 0 Å². The summed E-state index contributed by atoms with van der Waals surface area (Å²) in [4.78, 5) is 21.9. The Balaban J connectivity index is 0.000000245. The van der Waals surface area contributed by atoms with E-state index in [1.807, 2.05) is 12.2 Å². The Kier molecular flexibility index (Phi) is 4.45. The van der Waals surface area contributed by atoms with Gasteiger partial charge in [0.25, 0.3) is 0 Å². The summed E-state index contributed by atoms with van der Waals surface area (Å²) in [6.07, 6.45) is 5.19. The van der Waals surface area contributed by atoms with Crippen LogP contribution >= 0.6 is 0 Å². The van der Waals surface area contributed by atoms with Crippen LogP contribution < -0.4 is 0 Å². The standard InChI is InChI=1S/C8H8O3.C2H6O2/c9-7-5-3-1-2-4-6(5)8(10)11-7;3-1-2-4/h1-2,5-6H,3-4H2;3-4H,1-2H2/t5-,6+;. The summed E-state index contributed by atoms with van der Waals surface area (Å²) in [7, 11) is 0. The molecule has 0 unspecified atom stereocenters. The number of esters is 2. The van der Waals surface area contributed by atoms with Crippen molar-refractivity contribution in [3.8, 4) is 0 Å². The number of rotatable bonds is 1. The Labute approximate surface area is 87.4 Å². The van der Waals surface area contributed by atoms with E-state index in [-0.39, 0.29) is 37.0 Å². The molecule has 0 aromatic heterocycles. The SMILES string of the molecule is O=C1OC(=O)[C@@H]2CC=CC[C@H]12.OCCO. The maximum atomic E-state index is 10.9. The van der Waals surface area contributed by atoms with Gasteiger partial charge in [-0.25, -0.2) is 0 Å². The van der Waals surface area contributed by atoms with Gasteiger partial charge in [-0.05, 0) is 12.8 Å². The molecule has 2 N–H and O–H groups in total. The molecular weight excluding hydrogens is 200 g/mol. The van der Waals surface area contributed by atoms with Gasteiger partial charge < -0.3 is 14.9 Å². The van der Waals surface area contributed by atoms with Crippen molar-refractivity contribution in [3.05, 3.63) is 12.2 Å². The Morgan fingerprint density at radius 2 is 1.47 bits per heavy atom. The maximum Gasteiger partial charge on any atom is 0.317 e. The van der Waals surface area contributed by atoms with E-state index in [0.29, 0.717) is 12.8 Å². The van der Waals surface area contributed by atoms with Crippen molar-refractivity contribution < 1.29 is 24.5 Å². The maximum absolute atomic E-state index is 10.9. The second-order valence-corrected chi connectivity index (χ2v) is 3.34. The zero-order valence-electron chi connectivity index (χ0n) is 8.26. The summed E-state index contributed by atoms with van der Waals surface area (Å²) in [5.74, 6) is -1.06. The van der Waals surface area contributed by atoms with Crippen LogP contribution in [0.1, 0.15) is 12.8 Å². The van der Waals surface area contributed by atoms with Crippen molar-refractivity contribution in [2.24, 2.45) is 11.8 Å². The van der Waals surface area contributed by atoms with Crippen molar-refractivity contribution in [3.63, 3.8) is 0 Å². The zero-order chi connectivity index (χ0) is 11.3. The summed E-state index contributed by atoms with van der Waals surface area (Å²) >= 11 is 0. The quantitative estimate of drug-likeness (QED) is 0.353. The molecule has 84 valence electrons. The van der Waals surface area contributed by atoms with Crippen molar-refractivity contribution >= 4 is 11.9 Å². The number of allylic oxidation sites excluding steroid dienone is 2. The fourth-order valence-corrected chi connectivity index (χ4v) is 1.59. The first kappa shape index (κ1) is 11.9. The lowest BCUT2D eigenvalue weighted by atomic mass is 9.85. The highest BCUT2D eigenvalue weighted by molar-refractivity contribution is 5.96. The summed E-state index contributed by atoms with van der Waals surface area (Å²) in [6, 6.07) is 0. The van der Waals surface area contributed by atoms with Gasteiger partial charge in [-0.15, -0.1) is 0 Å². The molecular formula is C10H14O5. The van der Waals surface area contributed by atoms with Crippen LogP contribution in [0.4, 0.5) is 0 Å². The molecule has 0 amide bonds. The van der Waals surface area contributed by atoms with Gasteiger partial charge in [-0.3, -0.25) is 9.59 Å². The molecule has 1 heterocycles. The lowest BCUT2D eigenvalue weighted by molar-refractivity contribution is -0.153. The molecule has 15 heavy (non-hydrogen) atoms. The highest BCUT2D eigenvalue weighted by Crippen LogP contribution is 2.32. The molecule has 0 spiro atoms. The van der Waals surface area contributed by atoms with Crippen LogP contribution in [-0.4, -0.2) is 35.4 Å². The minimum Gasteiger partial charge on any atom is -0.394 e. The minimum atomic E-state index is -0.343. The lowest BCUT2D eigenvalue weighted by Gasteiger charge is -2.12. The van der Waals surface area contributed by atoms with E-state index in [2.05, 4.69) is 4.74 Å². The molecule has 1 saturated heterocycles. The molecule has 0 bridgehead atoms. The Bertz CT molecular complexity index is 245. The monoisotopic (exact) mass is 214 g/mol. The van der Waals surface area contributed by atoms with Gasteiger partial charge >= 0.3 is 11.9 Å². The normalized spacial score (nSPS) is 27.9. The van der Waals surface area contributed by atoms with E-state index >= 15 is 0 Å². The van der Waals surface area contributed by atoms with E-state index in [0.717, 1.165) is 0 Å². The first-order valence-corrected chi connectivity index (χ1v) is 4.83. The van der Waals surface area contributed by atoms with Crippen LogP contribution in [0.2, 0.25) is 0 Å². The molecule has 2 atom stereocenters. The second-order valence-electron chi connectivity index (χ2n) is 3.34. The Morgan fingerprint density at radius 3 is 1.80 bits per heavy atom. The summed E-state index contributed by atoms with van der Waals surface area (Å²) in [5, 5.41) is 15.2. The molecule has 0 aromatic carbocycles.